The summed E-state index contributed by atoms with van der Waals surface area (Å²) < 4.78 is 16.8. The number of hydrogen-bond acceptors (Lipinski definition) is 5. The number of carboxylic acid groups (broad SMARTS) is 1. The predicted molar refractivity (Wildman–Crippen MR) is 95.1 cm³/mol. The second-order valence-corrected chi connectivity index (χ2v) is 6.65. The van der Waals surface area contributed by atoms with Gasteiger partial charge in [-0.1, -0.05) is 6.07 Å². The lowest BCUT2D eigenvalue weighted by Gasteiger charge is -2.35. The maximum absolute atomic E-state index is 12.3. The predicted octanol–water partition coefficient (Wildman–Crippen LogP) is 3.79. The number of ether oxygens (including phenoxy) is 2. The topological polar surface area (TPSA) is 86.0 Å². The fraction of sp³-hybridized carbons (Fsp3) is 0.200. The summed E-state index contributed by atoms with van der Waals surface area (Å²) in [5.74, 6) is -0.441. The maximum Gasteiger partial charge on any atom is 0.371 e. The van der Waals surface area contributed by atoms with Crippen LogP contribution in [0.4, 0.5) is 0 Å². The SMILES string of the molecule is COc1ccc2c(c1)C(C)(C)Oc1cc3oc(C(=O)O)cc(=O)c3cc1-2. The van der Waals surface area contributed by atoms with Crippen molar-refractivity contribution in [2.45, 2.75) is 19.4 Å². The third-order valence-corrected chi connectivity index (χ3v) is 4.57. The molecule has 0 saturated heterocycles. The Balaban J connectivity index is 2.03. The zero-order chi connectivity index (χ0) is 18.6. The third kappa shape index (κ3) is 2.34. The molecule has 0 aliphatic carbocycles. The molecule has 1 N–H and O–H groups in total. The highest BCUT2D eigenvalue weighted by atomic mass is 16.5. The van der Waals surface area contributed by atoms with E-state index >= 15 is 0 Å². The summed E-state index contributed by atoms with van der Waals surface area (Å²) in [5, 5.41) is 9.40. The molecule has 1 aromatic heterocycles. The van der Waals surface area contributed by atoms with Gasteiger partial charge < -0.3 is 19.0 Å². The number of methoxy groups -OCH3 is 1. The van der Waals surface area contributed by atoms with E-state index < -0.39 is 22.8 Å². The summed E-state index contributed by atoms with van der Waals surface area (Å²) in [6.07, 6.45) is 0. The Morgan fingerprint density at radius 3 is 2.58 bits per heavy atom. The fourth-order valence-electron chi connectivity index (χ4n) is 3.30. The summed E-state index contributed by atoms with van der Waals surface area (Å²) in [5.41, 5.74) is 1.77. The van der Waals surface area contributed by atoms with Gasteiger partial charge in [0.1, 0.15) is 22.7 Å². The van der Waals surface area contributed by atoms with Gasteiger partial charge in [-0.25, -0.2) is 4.79 Å². The standard InChI is InChI=1S/C20H16O6/c1-20(2)14-6-10(24-3)4-5-11(14)12-7-13-15(21)8-18(19(22)23)25-16(13)9-17(12)26-20/h4-9H,1-3H3,(H,22,23). The summed E-state index contributed by atoms with van der Waals surface area (Å²) >= 11 is 0. The molecule has 1 aliphatic rings. The Labute approximate surface area is 148 Å². The van der Waals surface area contributed by atoms with E-state index in [0.717, 1.165) is 28.5 Å². The smallest absolute Gasteiger partial charge is 0.371 e. The lowest BCUT2D eigenvalue weighted by Crippen LogP contribution is -2.29. The first-order chi connectivity index (χ1) is 12.3. The van der Waals surface area contributed by atoms with E-state index in [-0.39, 0.29) is 5.58 Å². The van der Waals surface area contributed by atoms with Crippen molar-refractivity contribution in [1.29, 1.82) is 0 Å². The van der Waals surface area contributed by atoms with Crippen LogP contribution >= 0.6 is 0 Å². The molecule has 1 aliphatic heterocycles. The van der Waals surface area contributed by atoms with Gasteiger partial charge in [0.05, 0.1) is 12.5 Å². The van der Waals surface area contributed by atoms with E-state index in [1.807, 2.05) is 32.0 Å². The molecule has 0 radical (unpaired) electrons. The highest BCUT2D eigenvalue weighted by Crippen LogP contribution is 2.47. The van der Waals surface area contributed by atoms with Crippen molar-refractivity contribution in [3.63, 3.8) is 0 Å². The average Bonchev–Trinajstić information content (AvgIpc) is 2.59. The molecule has 0 amide bonds. The van der Waals surface area contributed by atoms with E-state index in [2.05, 4.69) is 0 Å². The van der Waals surface area contributed by atoms with Crippen LogP contribution in [0.15, 0.2) is 45.6 Å². The van der Waals surface area contributed by atoms with Crippen molar-refractivity contribution in [2.24, 2.45) is 0 Å². The Bertz CT molecular complexity index is 1120. The van der Waals surface area contributed by atoms with Crippen molar-refractivity contribution < 1.29 is 23.8 Å². The highest BCUT2D eigenvalue weighted by molar-refractivity contribution is 5.92. The van der Waals surface area contributed by atoms with Crippen LogP contribution in [0.3, 0.4) is 0 Å². The molecule has 26 heavy (non-hydrogen) atoms. The van der Waals surface area contributed by atoms with E-state index in [9.17, 15) is 9.59 Å². The Kier molecular flexibility index (Phi) is 3.34. The first kappa shape index (κ1) is 16.2. The number of aromatic carboxylic acids is 1. The highest BCUT2D eigenvalue weighted by Gasteiger charge is 2.33. The largest absolute Gasteiger partial charge is 0.497 e. The van der Waals surface area contributed by atoms with Crippen LogP contribution in [0.5, 0.6) is 11.5 Å². The number of benzene rings is 2. The number of carbonyl (C=O) groups is 1. The van der Waals surface area contributed by atoms with Crippen LogP contribution < -0.4 is 14.9 Å². The van der Waals surface area contributed by atoms with Gasteiger partial charge >= 0.3 is 5.97 Å². The third-order valence-electron chi connectivity index (χ3n) is 4.57. The minimum Gasteiger partial charge on any atom is -0.497 e. The minimum atomic E-state index is -1.29. The van der Waals surface area contributed by atoms with Crippen molar-refractivity contribution in [2.75, 3.05) is 7.11 Å². The van der Waals surface area contributed by atoms with Gasteiger partial charge in [0, 0.05) is 23.3 Å². The second-order valence-electron chi connectivity index (χ2n) is 6.65. The molecular weight excluding hydrogens is 336 g/mol. The number of rotatable bonds is 2. The lowest BCUT2D eigenvalue weighted by molar-refractivity contribution is 0.0662. The minimum absolute atomic E-state index is 0.182. The van der Waals surface area contributed by atoms with E-state index in [1.54, 1.807) is 19.2 Å². The zero-order valence-corrected chi connectivity index (χ0v) is 14.5. The average molecular weight is 352 g/mol. The second kappa shape index (κ2) is 5.36. The molecule has 6 heteroatoms. The molecular formula is C20H16O6. The van der Waals surface area contributed by atoms with E-state index in [4.69, 9.17) is 19.0 Å². The zero-order valence-electron chi connectivity index (χ0n) is 14.5. The number of fused-ring (bicyclic) bond motifs is 4. The van der Waals surface area contributed by atoms with E-state index in [1.165, 1.54) is 0 Å². The molecule has 2 heterocycles. The van der Waals surface area contributed by atoms with Crippen LogP contribution in [-0.2, 0) is 5.60 Å². The molecule has 0 unspecified atom stereocenters. The van der Waals surface area contributed by atoms with Crippen molar-refractivity contribution in [3.05, 3.63) is 57.9 Å². The summed E-state index contributed by atoms with van der Waals surface area (Å²) in [6, 6.07) is 9.94. The Hall–Kier alpha value is -3.28. The van der Waals surface area contributed by atoms with Gasteiger partial charge in [-0.3, -0.25) is 4.79 Å². The van der Waals surface area contributed by atoms with Crippen LogP contribution in [-0.4, -0.2) is 18.2 Å². The molecule has 4 rings (SSSR count). The summed E-state index contributed by atoms with van der Waals surface area (Å²) in [6.45, 7) is 3.87. The van der Waals surface area contributed by atoms with Crippen LogP contribution in [0.2, 0.25) is 0 Å². The van der Waals surface area contributed by atoms with Crippen molar-refractivity contribution >= 4 is 16.9 Å². The van der Waals surface area contributed by atoms with Crippen LogP contribution in [0.25, 0.3) is 22.1 Å². The molecule has 0 fully saturated rings. The molecule has 0 atom stereocenters. The molecule has 3 aromatic rings. The van der Waals surface area contributed by atoms with Gasteiger partial charge in [-0.05, 0) is 37.6 Å². The number of carboxylic acids is 1. The van der Waals surface area contributed by atoms with Gasteiger partial charge in [0.25, 0.3) is 0 Å². The summed E-state index contributed by atoms with van der Waals surface area (Å²) in [7, 11) is 1.60. The first-order valence-corrected chi connectivity index (χ1v) is 8.03. The Morgan fingerprint density at radius 1 is 1.12 bits per heavy atom. The Morgan fingerprint density at radius 2 is 1.88 bits per heavy atom. The molecule has 0 saturated carbocycles. The summed E-state index contributed by atoms with van der Waals surface area (Å²) in [4.78, 5) is 23.5. The van der Waals surface area contributed by atoms with Crippen LogP contribution in [0.1, 0.15) is 30.0 Å². The first-order valence-electron chi connectivity index (χ1n) is 8.03. The van der Waals surface area contributed by atoms with Gasteiger partial charge in [-0.2, -0.15) is 0 Å². The van der Waals surface area contributed by atoms with Crippen molar-refractivity contribution in [3.8, 4) is 22.6 Å². The molecule has 6 nitrogen and oxygen atoms in total. The molecule has 132 valence electrons. The van der Waals surface area contributed by atoms with Gasteiger partial charge in [0.15, 0.2) is 5.43 Å². The molecule has 0 spiro atoms. The lowest BCUT2D eigenvalue weighted by atomic mass is 9.85. The maximum atomic E-state index is 12.3. The molecule has 2 aromatic carbocycles. The monoisotopic (exact) mass is 352 g/mol. The normalized spacial score (nSPS) is 14.3. The van der Waals surface area contributed by atoms with E-state index in [0.29, 0.717) is 11.1 Å². The number of hydrogen-bond donors (Lipinski definition) is 1. The van der Waals surface area contributed by atoms with Gasteiger partial charge in [-0.15, -0.1) is 0 Å². The van der Waals surface area contributed by atoms with Crippen LogP contribution in [0, 0.1) is 0 Å². The van der Waals surface area contributed by atoms with Gasteiger partial charge in [0.2, 0.25) is 5.76 Å². The fourth-order valence-corrected chi connectivity index (χ4v) is 3.30. The molecule has 0 bridgehead atoms. The van der Waals surface area contributed by atoms with Crippen molar-refractivity contribution in [1.82, 2.24) is 0 Å². The quantitative estimate of drug-likeness (QED) is 0.755.